The van der Waals surface area contributed by atoms with Gasteiger partial charge in [-0.15, -0.1) is 0 Å². The number of nitrogens with one attached hydrogen (secondary N) is 1. The Labute approximate surface area is 183 Å². The van der Waals surface area contributed by atoms with Crippen LogP contribution in [0.25, 0.3) is 0 Å². The van der Waals surface area contributed by atoms with Crippen molar-refractivity contribution in [1.29, 1.82) is 10.5 Å². The third-order valence-corrected chi connectivity index (χ3v) is 5.82. The summed E-state index contributed by atoms with van der Waals surface area (Å²) in [6.07, 6.45) is 2.81. The van der Waals surface area contributed by atoms with Gasteiger partial charge in [0.25, 0.3) is 10.0 Å². The van der Waals surface area contributed by atoms with Gasteiger partial charge in [-0.05, 0) is 55.3 Å². The van der Waals surface area contributed by atoms with Crippen molar-refractivity contribution in [3.63, 3.8) is 0 Å². The van der Waals surface area contributed by atoms with Gasteiger partial charge >= 0.3 is 0 Å². The van der Waals surface area contributed by atoms with Crippen molar-refractivity contribution < 1.29 is 22.3 Å². The molecule has 0 bridgehead atoms. The lowest BCUT2D eigenvalue weighted by Crippen LogP contribution is -2.14. The zero-order valence-corrected chi connectivity index (χ0v) is 17.3. The Bertz CT molecular complexity index is 1360. The zero-order chi connectivity index (χ0) is 22.7. The monoisotopic (exact) mass is 450 g/mol. The van der Waals surface area contributed by atoms with E-state index in [1.54, 1.807) is 18.2 Å². The number of sulfonamides is 1. The molecule has 1 saturated carbocycles. The quantitative estimate of drug-likeness (QED) is 0.574. The molecule has 2 aromatic carbocycles. The molecular formula is C22H15FN4O4S. The number of halogens is 1. The van der Waals surface area contributed by atoms with Crippen LogP contribution in [0.4, 0.5) is 10.2 Å². The second-order valence-electron chi connectivity index (χ2n) is 6.93. The lowest BCUT2D eigenvalue weighted by Gasteiger charge is -2.12. The molecule has 1 heterocycles. The van der Waals surface area contributed by atoms with E-state index in [0.717, 1.165) is 31.2 Å². The first-order chi connectivity index (χ1) is 15.4. The first kappa shape index (κ1) is 21.1. The number of benzene rings is 2. The van der Waals surface area contributed by atoms with E-state index in [1.807, 2.05) is 6.07 Å². The van der Waals surface area contributed by atoms with Gasteiger partial charge in [0.05, 0.1) is 28.3 Å². The van der Waals surface area contributed by atoms with E-state index < -0.39 is 15.8 Å². The second kappa shape index (κ2) is 8.53. The van der Waals surface area contributed by atoms with Crippen LogP contribution in [0, 0.1) is 28.5 Å². The van der Waals surface area contributed by atoms with E-state index in [2.05, 4.69) is 15.8 Å². The molecule has 160 valence electrons. The molecule has 0 atom stereocenters. The van der Waals surface area contributed by atoms with E-state index >= 15 is 0 Å². The van der Waals surface area contributed by atoms with Crippen molar-refractivity contribution in [3.05, 3.63) is 71.7 Å². The molecule has 0 saturated heterocycles. The summed E-state index contributed by atoms with van der Waals surface area (Å²) in [5.41, 5.74) is 0.348. The second-order valence-corrected chi connectivity index (χ2v) is 8.61. The highest BCUT2D eigenvalue weighted by molar-refractivity contribution is 7.92. The minimum Gasteiger partial charge on any atom is -0.489 e. The fourth-order valence-electron chi connectivity index (χ4n) is 2.73. The highest BCUT2D eigenvalue weighted by Crippen LogP contribution is 2.34. The van der Waals surface area contributed by atoms with Crippen molar-refractivity contribution in [2.45, 2.75) is 23.8 Å². The molecule has 0 spiro atoms. The van der Waals surface area contributed by atoms with Crippen LogP contribution in [0.2, 0.25) is 0 Å². The number of rotatable bonds is 7. The smallest absolute Gasteiger partial charge is 0.263 e. The summed E-state index contributed by atoms with van der Waals surface area (Å²) in [6.45, 7) is 0. The molecule has 1 aromatic heterocycles. The molecule has 0 unspecified atom stereocenters. The van der Waals surface area contributed by atoms with Gasteiger partial charge in [-0.2, -0.15) is 10.5 Å². The first-order valence-corrected chi connectivity index (χ1v) is 10.9. The third kappa shape index (κ3) is 4.77. The van der Waals surface area contributed by atoms with Crippen LogP contribution in [0.3, 0.4) is 0 Å². The molecule has 32 heavy (non-hydrogen) atoms. The van der Waals surface area contributed by atoms with Gasteiger partial charge in [-0.1, -0.05) is 0 Å². The average Bonchev–Trinajstić information content (AvgIpc) is 3.59. The van der Waals surface area contributed by atoms with Crippen molar-refractivity contribution >= 4 is 15.8 Å². The largest absolute Gasteiger partial charge is 0.489 e. The van der Waals surface area contributed by atoms with Gasteiger partial charge < -0.3 is 9.47 Å². The Morgan fingerprint density at radius 2 is 1.78 bits per heavy atom. The van der Waals surface area contributed by atoms with Gasteiger partial charge in [-0.25, -0.2) is 17.8 Å². The predicted octanol–water partition coefficient (Wildman–Crippen LogP) is 4.10. The number of nitrogens with zero attached hydrogens (tertiary/aromatic N) is 3. The van der Waals surface area contributed by atoms with E-state index in [1.165, 1.54) is 18.2 Å². The number of hydrogen-bond acceptors (Lipinski definition) is 7. The van der Waals surface area contributed by atoms with Crippen LogP contribution in [0.15, 0.2) is 59.6 Å². The molecule has 1 N–H and O–H groups in total. The Balaban J connectivity index is 1.58. The van der Waals surface area contributed by atoms with Gasteiger partial charge in [0.15, 0.2) is 0 Å². The van der Waals surface area contributed by atoms with Crippen molar-refractivity contribution in [3.8, 4) is 29.4 Å². The zero-order valence-electron chi connectivity index (χ0n) is 16.4. The number of nitriles is 2. The molecule has 10 heteroatoms. The molecule has 0 amide bonds. The maximum atomic E-state index is 13.0. The van der Waals surface area contributed by atoms with Crippen LogP contribution in [0.5, 0.6) is 17.2 Å². The summed E-state index contributed by atoms with van der Waals surface area (Å²) < 4.78 is 51.9. The molecule has 8 nitrogen and oxygen atoms in total. The van der Waals surface area contributed by atoms with Crippen LogP contribution in [-0.2, 0) is 10.0 Å². The summed E-state index contributed by atoms with van der Waals surface area (Å²) in [5, 5.41) is 18.7. The summed E-state index contributed by atoms with van der Waals surface area (Å²) in [6, 6.07) is 14.7. The van der Waals surface area contributed by atoms with E-state index in [0.29, 0.717) is 17.1 Å². The van der Waals surface area contributed by atoms with Crippen LogP contribution in [0.1, 0.15) is 24.0 Å². The number of ether oxygens (including phenoxy) is 2. The lowest BCUT2D eigenvalue weighted by molar-refractivity contribution is 0.301. The number of anilines is 1. The number of pyridine rings is 1. The Hall–Kier alpha value is -4.15. The van der Waals surface area contributed by atoms with Crippen molar-refractivity contribution in [2.75, 3.05) is 4.72 Å². The third-order valence-electron chi connectivity index (χ3n) is 4.47. The summed E-state index contributed by atoms with van der Waals surface area (Å²) >= 11 is 0. The molecule has 0 radical (unpaired) electrons. The molecule has 1 fully saturated rings. The van der Waals surface area contributed by atoms with E-state index in [4.69, 9.17) is 9.47 Å². The molecule has 1 aliphatic rings. The van der Waals surface area contributed by atoms with Crippen LogP contribution < -0.4 is 14.2 Å². The van der Waals surface area contributed by atoms with Crippen LogP contribution in [-0.4, -0.2) is 19.5 Å². The topological polar surface area (TPSA) is 125 Å². The fraction of sp³-hybridized carbons (Fsp3) is 0.136. The summed E-state index contributed by atoms with van der Waals surface area (Å²) in [5.74, 6) is 0.191. The van der Waals surface area contributed by atoms with Gasteiger partial charge in [0.1, 0.15) is 41.0 Å². The average molecular weight is 450 g/mol. The van der Waals surface area contributed by atoms with Gasteiger partial charge in [0.2, 0.25) is 0 Å². The minimum absolute atomic E-state index is 0.0195. The van der Waals surface area contributed by atoms with E-state index in [-0.39, 0.29) is 28.1 Å². The standard InChI is InChI=1S/C22H15FN4O4S/c23-16-2-8-22(26-13-16)27-32(28,29)19-6-7-20(15(9-19)12-25)31-18-3-1-14(11-24)21(10-18)30-17-4-5-17/h1-3,6-10,13,17H,4-5H2,(H,26,27). The Morgan fingerprint density at radius 3 is 2.44 bits per heavy atom. The first-order valence-electron chi connectivity index (χ1n) is 9.45. The number of aromatic nitrogens is 1. The lowest BCUT2D eigenvalue weighted by atomic mass is 10.2. The molecule has 1 aliphatic carbocycles. The summed E-state index contributed by atoms with van der Waals surface area (Å²) in [7, 11) is -4.07. The molecule has 4 rings (SSSR count). The maximum absolute atomic E-state index is 13.0. The van der Waals surface area contributed by atoms with E-state index in [9.17, 15) is 23.3 Å². The predicted molar refractivity (Wildman–Crippen MR) is 111 cm³/mol. The highest BCUT2D eigenvalue weighted by Gasteiger charge is 2.25. The highest BCUT2D eigenvalue weighted by atomic mass is 32.2. The SMILES string of the molecule is N#Cc1cc(S(=O)(=O)Nc2ccc(F)cn2)ccc1Oc1ccc(C#N)c(OC2CC2)c1. The van der Waals surface area contributed by atoms with Gasteiger partial charge in [0, 0.05) is 6.07 Å². The molecule has 0 aliphatic heterocycles. The number of hydrogen-bond donors (Lipinski definition) is 1. The minimum atomic E-state index is -4.07. The molecule has 3 aromatic rings. The van der Waals surface area contributed by atoms with Crippen LogP contribution >= 0.6 is 0 Å². The molecular weight excluding hydrogens is 435 g/mol. The van der Waals surface area contributed by atoms with Crippen molar-refractivity contribution in [2.24, 2.45) is 0 Å². The summed E-state index contributed by atoms with van der Waals surface area (Å²) in [4.78, 5) is 3.47. The Kier molecular flexibility index (Phi) is 5.63. The van der Waals surface area contributed by atoms with Crippen molar-refractivity contribution in [1.82, 2.24) is 4.98 Å². The normalized spacial score (nSPS) is 13.0. The Morgan fingerprint density at radius 1 is 1.00 bits per heavy atom. The van der Waals surface area contributed by atoms with Gasteiger partial charge in [-0.3, -0.25) is 4.72 Å². The fourth-order valence-corrected chi connectivity index (χ4v) is 3.77. The maximum Gasteiger partial charge on any atom is 0.263 e.